The zero-order valence-corrected chi connectivity index (χ0v) is 11.4. The van der Waals surface area contributed by atoms with Gasteiger partial charge in [-0.2, -0.15) is 0 Å². The summed E-state index contributed by atoms with van der Waals surface area (Å²) in [7, 11) is 1.29. The highest BCUT2D eigenvalue weighted by Gasteiger charge is 2.40. The van der Waals surface area contributed by atoms with Crippen LogP contribution in [0.3, 0.4) is 0 Å². The van der Waals surface area contributed by atoms with Crippen LogP contribution in [0.1, 0.15) is 33.6 Å². The second kappa shape index (κ2) is 5.56. The maximum absolute atomic E-state index is 12.0. The molecule has 1 aliphatic rings. The summed E-state index contributed by atoms with van der Waals surface area (Å²) in [5.74, 6) is -0.493. The Morgan fingerprint density at radius 3 is 2.44 bits per heavy atom. The number of rotatable bonds is 1. The molecule has 0 aliphatic carbocycles. The smallest absolute Gasteiger partial charge is 0.411 e. The molecule has 2 atom stereocenters. The van der Waals surface area contributed by atoms with Crippen LogP contribution in [0.2, 0.25) is 0 Å². The van der Waals surface area contributed by atoms with E-state index in [9.17, 15) is 9.59 Å². The van der Waals surface area contributed by atoms with E-state index in [0.29, 0.717) is 13.0 Å². The molecule has 1 saturated heterocycles. The highest BCUT2D eigenvalue weighted by atomic mass is 16.6. The van der Waals surface area contributed by atoms with Crippen LogP contribution in [0.5, 0.6) is 0 Å². The van der Waals surface area contributed by atoms with Crippen LogP contribution in [0.25, 0.3) is 0 Å². The topological polar surface area (TPSA) is 81.9 Å². The van der Waals surface area contributed by atoms with Gasteiger partial charge >= 0.3 is 12.1 Å². The molecule has 0 aromatic rings. The first-order chi connectivity index (χ1) is 8.26. The number of likely N-dealkylation sites (tertiary alicyclic amines) is 1. The molecule has 1 aliphatic heterocycles. The van der Waals surface area contributed by atoms with Gasteiger partial charge in [0.25, 0.3) is 0 Å². The van der Waals surface area contributed by atoms with Gasteiger partial charge in [-0.25, -0.2) is 9.59 Å². The number of piperidine rings is 1. The van der Waals surface area contributed by atoms with Crippen molar-refractivity contribution < 1.29 is 19.1 Å². The van der Waals surface area contributed by atoms with Crippen molar-refractivity contribution in [2.75, 3.05) is 13.7 Å². The van der Waals surface area contributed by atoms with Crippen molar-refractivity contribution in [2.24, 2.45) is 5.73 Å². The lowest BCUT2D eigenvalue weighted by atomic mass is 9.97. The number of nitrogens with two attached hydrogens (primary N) is 1. The Morgan fingerprint density at radius 1 is 1.33 bits per heavy atom. The first-order valence-electron chi connectivity index (χ1n) is 6.09. The van der Waals surface area contributed by atoms with E-state index < -0.39 is 29.7 Å². The van der Waals surface area contributed by atoms with Crippen molar-refractivity contribution >= 4 is 12.1 Å². The molecule has 6 nitrogen and oxygen atoms in total. The molecule has 1 heterocycles. The van der Waals surface area contributed by atoms with E-state index in [-0.39, 0.29) is 0 Å². The fourth-order valence-electron chi connectivity index (χ4n) is 1.97. The molecule has 0 bridgehead atoms. The second-order valence-corrected chi connectivity index (χ2v) is 5.45. The van der Waals surface area contributed by atoms with E-state index in [2.05, 4.69) is 0 Å². The number of hydrogen-bond donors (Lipinski definition) is 1. The summed E-state index contributed by atoms with van der Waals surface area (Å²) >= 11 is 0. The summed E-state index contributed by atoms with van der Waals surface area (Å²) in [6, 6.07) is -1.16. The normalized spacial score (nSPS) is 24.6. The van der Waals surface area contributed by atoms with Gasteiger partial charge in [-0.05, 0) is 33.6 Å². The van der Waals surface area contributed by atoms with E-state index >= 15 is 0 Å². The van der Waals surface area contributed by atoms with Crippen LogP contribution >= 0.6 is 0 Å². The van der Waals surface area contributed by atoms with Gasteiger partial charge in [0.1, 0.15) is 11.6 Å². The highest BCUT2D eigenvalue weighted by molar-refractivity contribution is 5.82. The lowest BCUT2D eigenvalue weighted by Gasteiger charge is -2.38. The molecule has 18 heavy (non-hydrogen) atoms. The molecule has 1 fully saturated rings. The van der Waals surface area contributed by atoms with Crippen LogP contribution in [0.15, 0.2) is 0 Å². The Balaban J connectivity index is 2.82. The zero-order chi connectivity index (χ0) is 13.9. The number of carbonyl (C=O) groups excluding carboxylic acids is 2. The quantitative estimate of drug-likeness (QED) is 0.706. The average Bonchev–Trinajstić information content (AvgIpc) is 2.25. The first kappa shape index (κ1) is 14.8. The Morgan fingerprint density at radius 2 is 1.94 bits per heavy atom. The van der Waals surface area contributed by atoms with Crippen LogP contribution in [-0.4, -0.2) is 48.3 Å². The van der Waals surface area contributed by atoms with Crippen molar-refractivity contribution in [3.8, 4) is 0 Å². The third kappa shape index (κ3) is 3.60. The van der Waals surface area contributed by atoms with Crippen LogP contribution in [0.4, 0.5) is 4.79 Å². The molecule has 0 spiro atoms. The summed E-state index contributed by atoms with van der Waals surface area (Å²) in [5, 5.41) is 0. The minimum absolute atomic E-state index is 0.404. The number of esters is 1. The molecule has 0 saturated carbocycles. The Bertz CT molecular complexity index is 325. The van der Waals surface area contributed by atoms with E-state index in [1.807, 2.05) is 0 Å². The Labute approximate surface area is 107 Å². The zero-order valence-electron chi connectivity index (χ0n) is 11.4. The van der Waals surface area contributed by atoms with Crippen LogP contribution in [-0.2, 0) is 14.3 Å². The van der Waals surface area contributed by atoms with Crippen molar-refractivity contribution in [3.05, 3.63) is 0 Å². The van der Waals surface area contributed by atoms with E-state index in [4.69, 9.17) is 15.2 Å². The summed E-state index contributed by atoms with van der Waals surface area (Å²) in [5.41, 5.74) is 5.30. The number of amides is 1. The highest BCUT2D eigenvalue weighted by Crippen LogP contribution is 2.20. The molecule has 1 rings (SSSR count). The molecule has 0 radical (unpaired) electrons. The SMILES string of the molecule is COC(=O)[C@@H]1[C@H](N)CCCN1C(=O)OC(C)(C)C. The largest absolute Gasteiger partial charge is 0.467 e. The number of methoxy groups -OCH3 is 1. The van der Waals surface area contributed by atoms with Crippen molar-refractivity contribution in [3.63, 3.8) is 0 Å². The predicted molar refractivity (Wildman–Crippen MR) is 66.0 cm³/mol. The minimum Gasteiger partial charge on any atom is -0.467 e. The lowest BCUT2D eigenvalue weighted by molar-refractivity contribution is -0.148. The number of hydrogen-bond acceptors (Lipinski definition) is 5. The molecule has 104 valence electrons. The summed E-state index contributed by atoms with van der Waals surface area (Å²) in [6.45, 7) is 5.80. The molecular weight excluding hydrogens is 236 g/mol. The number of nitrogens with zero attached hydrogens (tertiary/aromatic N) is 1. The average molecular weight is 258 g/mol. The van der Waals surface area contributed by atoms with Gasteiger partial charge < -0.3 is 15.2 Å². The van der Waals surface area contributed by atoms with Crippen molar-refractivity contribution in [2.45, 2.75) is 51.3 Å². The van der Waals surface area contributed by atoms with Gasteiger partial charge in [0.2, 0.25) is 0 Å². The molecule has 0 aromatic heterocycles. The van der Waals surface area contributed by atoms with Gasteiger partial charge in [-0.3, -0.25) is 4.90 Å². The molecule has 0 aromatic carbocycles. The summed E-state index contributed by atoms with van der Waals surface area (Å²) in [6.07, 6.45) is 0.931. The molecule has 6 heteroatoms. The fraction of sp³-hybridized carbons (Fsp3) is 0.833. The number of ether oxygens (including phenoxy) is 2. The van der Waals surface area contributed by atoms with Gasteiger partial charge in [0.05, 0.1) is 7.11 Å². The maximum Gasteiger partial charge on any atom is 0.411 e. The summed E-state index contributed by atoms with van der Waals surface area (Å²) < 4.78 is 9.98. The maximum atomic E-state index is 12.0. The fourth-order valence-corrected chi connectivity index (χ4v) is 1.97. The van der Waals surface area contributed by atoms with E-state index in [1.54, 1.807) is 20.8 Å². The predicted octanol–water partition coefficient (Wildman–Crippen LogP) is 0.886. The molecular formula is C12H22N2O4. The third-order valence-corrected chi connectivity index (χ3v) is 2.75. The lowest BCUT2D eigenvalue weighted by Crippen LogP contribution is -2.59. The second-order valence-electron chi connectivity index (χ2n) is 5.45. The van der Waals surface area contributed by atoms with Crippen LogP contribution < -0.4 is 5.73 Å². The Hall–Kier alpha value is -1.30. The Kier molecular flexibility index (Phi) is 4.56. The molecule has 1 amide bonds. The monoisotopic (exact) mass is 258 g/mol. The standard InChI is InChI=1S/C12H22N2O4/c1-12(2,3)18-11(16)14-7-5-6-8(13)9(14)10(15)17-4/h8-9H,5-7,13H2,1-4H3/t8-,9+/m1/s1. The molecule has 0 unspecified atom stereocenters. The van der Waals surface area contributed by atoms with Gasteiger partial charge in [0, 0.05) is 12.6 Å². The third-order valence-electron chi connectivity index (χ3n) is 2.75. The van der Waals surface area contributed by atoms with Gasteiger partial charge in [0.15, 0.2) is 0 Å². The van der Waals surface area contributed by atoms with E-state index in [0.717, 1.165) is 6.42 Å². The van der Waals surface area contributed by atoms with Crippen molar-refractivity contribution in [1.29, 1.82) is 0 Å². The van der Waals surface area contributed by atoms with Crippen LogP contribution in [0, 0.1) is 0 Å². The van der Waals surface area contributed by atoms with Gasteiger partial charge in [-0.15, -0.1) is 0 Å². The summed E-state index contributed by atoms with van der Waals surface area (Å²) in [4.78, 5) is 25.1. The number of carbonyl (C=O) groups is 2. The first-order valence-corrected chi connectivity index (χ1v) is 6.09. The van der Waals surface area contributed by atoms with E-state index in [1.165, 1.54) is 12.0 Å². The minimum atomic E-state index is -0.751. The molecule has 2 N–H and O–H groups in total. The van der Waals surface area contributed by atoms with Crippen molar-refractivity contribution in [1.82, 2.24) is 4.90 Å². The van der Waals surface area contributed by atoms with Gasteiger partial charge in [-0.1, -0.05) is 0 Å².